The van der Waals surface area contributed by atoms with Gasteiger partial charge in [0.05, 0.1) is 11.1 Å². The standard InChI is InChI=1S/C19H16N4S/c20-10-14-15(11-6-2-1-3-7-11)12-8-4-5-9-13(12)16-17(14)22-19(24)23-18(16)21/h1-3,6-7H,4-5,8-9H2,(H3,21,22,23,24). The number of hydrogen-bond donors (Lipinski definition) is 2. The lowest BCUT2D eigenvalue weighted by Gasteiger charge is -2.24. The summed E-state index contributed by atoms with van der Waals surface area (Å²) in [5.74, 6) is 0.419. The summed E-state index contributed by atoms with van der Waals surface area (Å²) in [7, 11) is 0. The van der Waals surface area contributed by atoms with Crippen LogP contribution >= 0.6 is 12.2 Å². The number of nitrogens with one attached hydrogen (secondary N) is 1. The Labute approximate surface area is 145 Å². The molecule has 4 nitrogen and oxygen atoms in total. The van der Waals surface area contributed by atoms with Crippen molar-refractivity contribution in [3.05, 3.63) is 51.8 Å². The average Bonchev–Trinajstić information content (AvgIpc) is 2.60. The zero-order valence-corrected chi connectivity index (χ0v) is 13.9. The van der Waals surface area contributed by atoms with Crippen LogP contribution in [0.4, 0.5) is 5.82 Å². The Bertz CT molecular complexity index is 1050. The van der Waals surface area contributed by atoms with Gasteiger partial charge < -0.3 is 10.7 Å². The van der Waals surface area contributed by atoms with Crippen LogP contribution in [0, 0.1) is 16.1 Å². The minimum Gasteiger partial charge on any atom is -0.383 e. The van der Waals surface area contributed by atoms with E-state index >= 15 is 0 Å². The number of nitriles is 1. The molecule has 0 spiro atoms. The van der Waals surface area contributed by atoms with Gasteiger partial charge in [-0.1, -0.05) is 30.3 Å². The van der Waals surface area contributed by atoms with E-state index in [1.807, 2.05) is 18.2 Å². The normalized spacial score (nSPS) is 13.5. The highest BCUT2D eigenvalue weighted by Gasteiger charge is 2.24. The lowest BCUT2D eigenvalue weighted by atomic mass is 9.81. The molecule has 3 N–H and O–H groups in total. The third kappa shape index (κ3) is 2.19. The summed E-state index contributed by atoms with van der Waals surface area (Å²) >= 11 is 5.19. The largest absolute Gasteiger partial charge is 0.383 e. The topological polar surface area (TPSA) is 78.5 Å². The van der Waals surface area contributed by atoms with Crippen LogP contribution in [0.1, 0.15) is 29.5 Å². The number of nitrogen functional groups attached to an aromatic ring is 1. The van der Waals surface area contributed by atoms with Crippen molar-refractivity contribution in [3.63, 3.8) is 0 Å². The molecule has 5 heteroatoms. The van der Waals surface area contributed by atoms with Crippen molar-refractivity contribution in [1.82, 2.24) is 9.97 Å². The van der Waals surface area contributed by atoms with Crippen molar-refractivity contribution in [2.75, 3.05) is 5.73 Å². The molecule has 118 valence electrons. The molecule has 4 rings (SSSR count). The van der Waals surface area contributed by atoms with Crippen molar-refractivity contribution >= 4 is 28.9 Å². The van der Waals surface area contributed by atoms with Crippen LogP contribution in [0.3, 0.4) is 0 Å². The molecule has 1 aliphatic carbocycles. The number of nitrogens with zero attached hydrogens (tertiary/aromatic N) is 2. The minimum absolute atomic E-state index is 0.311. The van der Waals surface area contributed by atoms with Crippen molar-refractivity contribution in [2.24, 2.45) is 0 Å². The Kier molecular flexibility index (Phi) is 3.55. The molecule has 0 aliphatic heterocycles. The smallest absolute Gasteiger partial charge is 0.199 e. The summed E-state index contributed by atoms with van der Waals surface area (Å²) in [5, 5.41) is 10.8. The Hall–Kier alpha value is -2.71. The zero-order chi connectivity index (χ0) is 16.7. The van der Waals surface area contributed by atoms with Crippen molar-refractivity contribution in [3.8, 4) is 17.2 Å². The average molecular weight is 332 g/mol. The Morgan fingerprint density at radius 2 is 1.83 bits per heavy atom. The summed E-state index contributed by atoms with van der Waals surface area (Å²) < 4.78 is 0.311. The predicted octanol–water partition coefficient (Wildman–Crippen LogP) is 4.29. The highest BCUT2D eigenvalue weighted by molar-refractivity contribution is 7.71. The summed E-state index contributed by atoms with van der Waals surface area (Å²) in [6.07, 6.45) is 4.16. The van der Waals surface area contributed by atoms with Gasteiger partial charge in [0.1, 0.15) is 11.9 Å². The van der Waals surface area contributed by atoms with E-state index in [-0.39, 0.29) is 0 Å². The molecular weight excluding hydrogens is 316 g/mol. The Morgan fingerprint density at radius 3 is 2.54 bits per heavy atom. The maximum Gasteiger partial charge on any atom is 0.199 e. The first kappa shape index (κ1) is 14.9. The van der Waals surface area contributed by atoms with E-state index in [2.05, 4.69) is 28.2 Å². The van der Waals surface area contributed by atoms with Gasteiger partial charge in [-0.15, -0.1) is 0 Å². The molecule has 0 saturated carbocycles. The van der Waals surface area contributed by atoms with Crippen LogP contribution in [-0.4, -0.2) is 9.97 Å². The number of rotatable bonds is 1. The highest BCUT2D eigenvalue weighted by Crippen LogP contribution is 2.41. The number of aromatic amines is 1. The number of anilines is 1. The molecule has 0 saturated heterocycles. The number of hydrogen-bond acceptors (Lipinski definition) is 4. The molecule has 1 heterocycles. The van der Waals surface area contributed by atoms with Crippen LogP contribution in [0.25, 0.3) is 22.0 Å². The van der Waals surface area contributed by atoms with Gasteiger partial charge in [-0.25, -0.2) is 4.98 Å². The third-order valence-corrected chi connectivity index (χ3v) is 4.90. The summed E-state index contributed by atoms with van der Waals surface area (Å²) in [4.78, 5) is 7.33. The van der Waals surface area contributed by atoms with Gasteiger partial charge in [0.2, 0.25) is 0 Å². The molecule has 0 bridgehead atoms. The second kappa shape index (κ2) is 5.73. The fourth-order valence-electron chi connectivity index (χ4n) is 3.75. The first-order valence-corrected chi connectivity index (χ1v) is 8.44. The summed E-state index contributed by atoms with van der Waals surface area (Å²) in [5.41, 5.74) is 12.0. The highest BCUT2D eigenvalue weighted by atomic mass is 32.1. The summed E-state index contributed by atoms with van der Waals surface area (Å²) in [6.45, 7) is 0. The predicted molar refractivity (Wildman–Crippen MR) is 98.1 cm³/mol. The molecular formula is C19H16N4S. The molecule has 1 aromatic heterocycles. The second-order valence-electron chi connectivity index (χ2n) is 6.07. The van der Waals surface area contributed by atoms with E-state index in [0.717, 1.165) is 47.7 Å². The molecule has 0 radical (unpaired) electrons. The fraction of sp³-hybridized carbons (Fsp3) is 0.211. The molecule has 0 atom stereocenters. The van der Waals surface area contributed by atoms with Crippen LogP contribution in [0.5, 0.6) is 0 Å². The number of fused-ring (bicyclic) bond motifs is 3. The minimum atomic E-state index is 0.311. The van der Waals surface area contributed by atoms with Crippen molar-refractivity contribution < 1.29 is 0 Å². The fourth-order valence-corrected chi connectivity index (χ4v) is 3.95. The van der Waals surface area contributed by atoms with E-state index in [0.29, 0.717) is 16.2 Å². The number of aryl methyl sites for hydroxylation is 1. The lowest BCUT2D eigenvalue weighted by Crippen LogP contribution is -2.10. The van der Waals surface area contributed by atoms with E-state index in [9.17, 15) is 5.26 Å². The summed E-state index contributed by atoms with van der Waals surface area (Å²) in [6, 6.07) is 12.5. The van der Waals surface area contributed by atoms with Gasteiger partial charge >= 0.3 is 0 Å². The van der Waals surface area contributed by atoms with Gasteiger partial charge in [-0.2, -0.15) is 5.26 Å². The number of aromatic nitrogens is 2. The van der Waals surface area contributed by atoms with Gasteiger partial charge in [0, 0.05) is 10.9 Å². The molecule has 1 aliphatic rings. The van der Waals surface area contributed by atoms with Crippen LogP contribution < -0.4 is 5.73 Å². The van der Waals surface area contributed by atoms with Crippen LogP contribution in [0.15, 0.2) is 30.3 Å². The van der Waals surface area contributed by atoms with Crippen molar-refractivity contribution in [2.45, 2.75) is 25.7 Å². The molecule has 0 amide bonds. The van der Waals surface area contributed by atoms with Gasteiger partial charge in [-0.05, 0) is 54.6 Å². The van der Waals surface area contributed by atoms with Crippen LogP contribution in [0.2, 0.25) is 0 Å². The number of benzene rings is 2. The first-order chi connectivity index (χ1) is 11.7. The molecule has 3 aromatic rings. The quantitative estimate of drug-likeness (QED) is 0.652. The Morgan fingerprint density at radius 1 is 1.12 bits per heavy atom. The van der Waals surface area contributed by atoms with Crippen molar-refractivity contribution in [1.29, 1.82) is 5.26 Å². The van der Waals surface area contributed by atoms with Crippen LogP contribution in [-0.2, 0) is 12.8 Å². The van der Waals surface area contributed by atoms with E-state index < -0.39 is 0 Å². The lowest BCUT2D eigenvalue weighted by molar-refractivity contribution is 0.691. The zero-order valence-electron chi connectivity index (χ0n) is 13.1. The molecule has 2 aromatic carbocycles. The Balaban J connectivity index is 2.24. The van der Waals surface area contributed by atoms with Gasteiger partial charge in [-0.3, -0.25) is 0 Å². The van der Waals surface area contributed by atoms with E-state index in [1.54, 1.807) is 0 Å². The first-order valence-electron chi connectivity index (χ1n) is 8.03. The second-order valence-corrected chi connectivity index (χ2v) is 6.46. The molecule has 24 heavy (non-hydrogen) atoms. The maximum absolute atomic E-state index is 9.90. The number of nitrogens with two attached hydrogens (primary N) is 1. The van der Waals surface area contributed by atoms with E-state index in [4.69, 9.17) is 18.0 Å². The van der Waals surface area contributed by atoms with Gasteiger partial charge in [0.25, 0.3) is 0 Å². The maximum atomic E-state index is 9.90. The number of H-pyrrole nitrogens is 1. The molecule has 0 unspecified atom stereocenters. The van der Waals surface area contributed by atoms with E-state index in [1.165, 1.54) is 11.1 Å². The SMILES string of the molecule is N#Cc1c(-c2ccccc2)c2c(c3c(N)nc(=S)[nH]c13)CCCC2. The third-order valence-electron chi connectivity index (χ3n) is 4.71. The van der Waals surface area contributed by atoms with Gasteiger partial charge in [0.15, 0.2) is 4.77 Å². The monoisotopic (exact) mass is 332 g/mol. The molecule has 0 fully saturated rings.